The van der Waals surface area contributed by atoms with Crippen molar-refractivity contribution in [2.75, 3.05) is 30.3 Å². The molecule has 1 fully saturated rings. The molecule has 0 atom stereocenters. The Balaban J connectivity index is 1.32. The molecule has 2 aromatic rings. The third-order valence-corrected chi connectivity index (χ3v) is 6.27. The maximum absolute atomic E-state index is 12.4. The number of hydrogen-bond donors (Lipinski definition) is 1. The highest BCUT2D eigenvalue weighted by molar-refractivity contribution is 7.98. The number of thioether (sulfide) groups is 1. The molecular weight excluding hydrogens is 376 g/mol. The second kappa shape index (κ2) is 10.0. The molecule has 27 heavy (non-hydrogen) atoms. The summed E-state index contributed by atoms with van der Waals surface area (Å²) in [5, 5.41) is 3.88. The summed E-state index contributed by atoms with van der Waals surface area (Å²) in [5.41, 5.74) is 3.80. The number of rotatable bonds is 7. The number of anilines is 1. The monoisotopic (exact) mass is 402 g/mol. The summed E-state index contributed by atoms with van der Waals surface area (Å²) in [5.74, 6) is 2.23. The molecule has 1 aliphatic rings. The fourth-order valence-electron chi connectivity index (χ4n) is 3.32. The Labute approximate surface area is 171 Å². The lowest BCUT2D eigenvalue weighted by atomic mass is 9.95. The standard InChI is InChI=1S/C22H27ClN2OS/c1-17-2-8-21(9-3-17)25-13-10-19(11-14-25)22(26)24-12-15-27-16-18-4-6-20(23)7-5-18/h2-9,19H,10-16H2,1H3,(H,24,26). The highest BCUT2D eigenvalue weighted by Gasteiger charge is 2.24. The van der Waals surface area contributed by atoms with Gasteiger partial charge in [0, 0.05) is 47.8 Å². The van der Waals surface area contributed by atoms with Crippen LogP contribution in [0.1, 0.15) is 24.0 Å². The molecule has 0 radical (unpaired) electrons. The molecule has 1 amide bonds. The summed E-state index contributed by atoms with van der Waals surface area (Å²) in [6.45, 7) is 4.74. The summed E-state index contributed by atoms with van der Waals surface area (Å²) < 4.78 is 0. The normalized spacial score (nSPS) is 15.0. The quantitative estimate of drug-likeness (QED) is 0.667. The van der Waals surface area contributed by atoms with Crippen molar-refractivity contribution in [1.29, 1.82) is 0 Å². The number of piperidine rings is 1. The van der Waals surface area contributed by atoms with Gasteiger partial charge in [-0.2, -0.15) is 11.8 Å². The van der Waals surface area contributed by atoms with Gasteiger partial charge in [0.05, 0.1) is 0 Å². The van der Waals surface area contributed by atoms with Crippen molar-refractivity contribution < 1.29 is 4.79 Å². The van der Waals surface area contributed by atoms with Gasteiger partial charge in [0.1, 0.15) is 0 Å². The maximum atomic E-state index is 12.4. The molecule has 0 aliphatic carbocycles. The Morgan fingerprint density at radius 3 is 2.44 bits per heavy atom. The molecule has 3 rings (SSSR count). The van der Waals surface area contributed by atoms with E-state index in [1.165, 1.54) is 16.8 Å². The molecule has 1 N–H and O–H groups in total. The summed E-state index contributed by atoms with van der Waals surface area (Å²) in [4.78, 5) is 14.8. The fraction of sp³-hybridized carbons (Fsp3) is 0.409. The molecule has 0 spiro atoms. The predicted molar refractivity (Wildman–Crippen MR) is 117 cm³/mol. The van der Waals surface area contributed by atoms with Crippen LogP contribution in [-0.2, 0) is 10.5 Å². The van der Waals surface area contributed by atoms with Crippen molar-refractivity contribution in [2.45, 2.75) is 25.5 Å². The van der Waals surface area contributed by atoms with Gasteiger partial charge in [-0.3, -0.25) is 4.79 Å². The molecule has 0 unspecified atom stereocenters. The van der Waals surface area contributed by atoms with Crippen molar-refractivity contribution in [3.63, 3.8) is 0 Å². The Morgan fingerprint density at radius 2 is 1.78 bits per heavy atom. The van der Waals surface area contributed by atoms with E-state index >= 15 is 0 Å². The van der Waals surface area contributed by atoms with Crippen LogP contribution in [0.25, 0.3) is 0 Å². The topological polar surface area (TPSA) is 32.3 Å². The highest BCUT2D eigenvalue weighted by atomic mass is 35.5. The SMILES string of the molecule is Cc1ccc(N2CCC(C(=O)NCCSCc3ccc(Cl)cc3)CC2)cc1. The second-order valence-corrected chi connectivity index (χ2v) is 8.61. The van der Waals surface area contributed by atoms with E-state index < -0.39 is 0 Å². The van der Waals surface area contributed by atoms with E-state index in [-0.39, 0.29) is 11.8 Å². The van der Waals surface area contributed by atoms with Gasteiger partial charge < -0.3 is 10.2 Å². The number of carbonyl (C=O) groups is 1. The third-order valence-electron chi connectivity index (χ3n) is 4.99. The van der Waals surface area contributed by atoms with Gasteiger partial charge in [0.15, 0.2) is 0 Å². The van der Waals surface area contributed by atoms with Crippen molar-refractivity contribution >= 4 is 35.0 Å². The van der Waals surface area contributed by atoms with Gasteiger partial charge in [0.2, 0.25) is 5.91 Å². The van der Waals surface area contributed by atoms with Crippen molar-refractivity contribution in [1.82, 2.24) is 5.32 Å². The van der Waals surface area contributed by atoms with Gasteiger partial charge in [-0.15, -0.1) is 0 Å². The molecule has 1 heterocycles. The van der Waals surface area contributed by atoms with Crippen molar-refractivity contribution in [3.8, 4) is 0 Å². The second-order valence-electron chi connectivity index (χ2n) is 7.07. The minimum atomic E-state index is 0.146. The van der Waals surface area contributed by atoms with E-state index in [1.807, 2.05) is 23.9 Å². The van der Waals surface area contributed by atoms with E-state index in [4.69, 9.17) is 11.6 Å². The third kappa shape index (κ3) is 6.18. The molecule has 0 bridgehead atoms. The molecule has 0 saturated carbocycles. The molecule has 3 nitrogen and oxygen atoms in total. The van der Waals surface area contributed by atoms with Crippen LogP contribution in [0, 0.1) is 12.8 Å². The number of halogens is 1. The Morgan fingerprint density at radius 1 is 1.11 bits per heavy atom. The van der Waals surface area contributed by atoms with Crippen molar-refractivity contribution in [2.24, 2.45) is 5.92 Å². The molecule has 144 valence electrons. The van der Waals surface area contributed by atoms with Crippen LogP contribution in [0.2, 0.25) is 5.02 Å². The molecule has 0 aromatic heterocycles. The van der Waals surface area contributed by atoms with Crippen LogP contribution in [0.3, 0.4) is 0 Å². The average Bonchev–Trinajstić information content (AvgIpc) is 2.70. The van der Waals surface area contributed by atoms with E-state index in [0.717, 1.165) is 49.0 Å². The highest BCUT2D eigenvalue weighted by Crippen LogP contribution is 2.23. The Hall–Kier alpha value is -1.65. The molecule has 1 saturated heterocycles. The first-order valence-electron chi connectivity index (χ1n) is 9.53. The van der Waals surface area contributed by atoms with E-state index in [1.54, 1.807) is 0 Å². The van der Waals surface area contributed by atoms with Crippen molar-refractivity contribution in [3.05, 3.63) is 64.7 Å². The lowest BCUT2D eigenvalue weighted by molar-refractivity contribution is -0.125. The zero-order valence-corrected chi connectivity index (χ0v) is 17.4. The maximum Gasteiger partial charge on any atom is 0.223 e. The summed E-state index contributed by atoms with van der Waals surface area (Å²) in [7, 11) is 0. The van der Waals surface area contributed by atoms with Gasteiger partial charge in [-0.25, -0.2) is 0 Å². The summed E-state index contributed by atoms with van der Waals surface area (Å²) >= 11 is 7.73. The molecule has 1 aliphatic heterocycles. The molecule has 5 heteroatoms. The Kier molecular flexibility index (Phi) is 7.48. The summed E-state index contributed by atoms with van der Waals surface area (Å²) in [6.07, 6.45) is 1.86. The minimum Gasteiger partial charge on any atom is -0.371 e. The number of nitrogens with one attached hydrogen (secondary N) is 1. The Bertz CT molecular complexity index is 725. The van der Waals surface area contributed by atoms with Gasteiger partial charge in [-0.05, 0) is 49.6 Å². The number of aryl methyl sites for hydroxylation is 1. The number of hydrogen-bond acceptors (Lipinski definition) is 3. The average molecular weight is 403 g/mol. The van der Waals surface area contributed by atoms with Crippen LogP contribution in [0.5, 0.6) is 0 Å². The fourth-order valence-corrected chi connectivity index (χ4v) is 4.26. The van der Waals surface area contributed by atoms with Gasteiger partial charge in [0.25, 0.3) is 0 Å². The van der Waals surface area contributed by atoms with Crippen LogP contribution in [0.15, 0.2) is 48.5 Å². The number of benzene rings is 2. The zero-order valence-electron chi connectivity index (χ0n) is 15.8. The molecular formula is C22H27ClN2OS. The minimum absolute atomic E-state index is 0.146. The number of amides is 1. The van der Waals surface area contributed by atoms with Crippen LogP contribution in [-0.4, -0.2) is 31.3 Å². The number of carbonyl (C=O) groups excluding carboxylic acids is 1. The van der Waals surface area contributed by atoms with E-state index in [0.29, 0.717) is 0 Å². The lowest BCUT2D eigenvalue weighted by Crippen LogP contribution is -2.41. The van der Waals surface area contributed by atoms with Gasteiger partial charge in [-0.1, -0.05) is 41.4 Å². The zero-order chi connectivity index (χ0) is 19.1. The van der Waals surface area contributed by atoms with E-state index in [2.05, 4.69) is 53.5 Å². The first-order valence-corrected chi connectivity index (χ1v) is 11.1. The van der Waals surface area contributed by atoms with Crippen LogP contribution >= 0.6 is 23.4 Å². The van der Waals surface area contributed by atoms with Crippen LogP contribution < -0.4 is 10.2 Å². The summed E-state index contributed by atoms with van der Waals surface area (Å²) in [6, 6.07) is 16.6. The lowest BCUT2D eigenvalue weighted by Gasteiger charge is -2.33. The predicted octanol–water partition coefficient (Wildman–Crippen LogP) is 4.91. The number of nitrogens with zero attached hydrogens (tertiary/aromatic N) is 1. The van der Waals surface area contributed by atoms with Crippen LogP contribution in [0.4, 0.5) is 5.69 Å². The molecule has 2 aromatic carbocycles. The smallest absolute Gasteiger partial charge is 0.223 e. The van der Waals surface area contributed by atoms with Gasteiger partial charge >= 0.3 is 0 Å². The van der Waals surface area contributed by atoms with E-state index in [9.17, 15) is 4.79 Å². The first-order chi connectivity index (χ1) is 13.1. The largest absolute Gasteiger partial charge is 0.371 e. The first kappa shape index (κ1) is 20.1.